The molecule has 0 unspecified atom stereocenters. The van der Waals surface area contributed by atoms with Gasteiger partial charge in [0.2, 0.25) is 15.9 Å². The third kappa shape index (κ3) is 4.53. The number of sulfonamides is 1. The fourth-order valence-electron chi connectivity index (χ4n) is 3.73. The number of nitrogen functional groups attached to an aromatic ring is 1. The summed E-state index contributed by atoms with van der Waals surface area (Å²) >= 11 is 0. The lowest BCUT2D eigenvalue weighted by Crippen LogP contribution is -2.15. The van der Waals surface area contributed by atoms with Crippen molar-refractivity contribution in [2.75, 3.05) is 5.32 Å². The molecule has 9 heteroatoms. The van der Waals surface area contributed by atoms with Gasteiger partial charge in [0.25, 0.3) is 0 Å². The van der Waals surface area contributed by atoms with Crippen LogP contribution in [0.5, 0.6) is 0 Å². The first-order valence-electron chi connectivity index (χ1n) is 9.81. The van der Waals surface area contributed by atoms with Crippen LogP contribution in [0.15, 0.2) is 71.6 Å². The van der Waals surface area contributed by atoms with Gasteiger partial charge in [-0.3, -0.25) is 10.2 Å². The second kappa shape index (κ2) is 8.18. The van der Waals surface area contributed by atoms with E-state index in [1.165, 1.54) is 0 Å². The second-order valence-electron chi connectivity index (χ2n) is 7.74. The Morgan fingerprint density at radius 3 is 2.44 bits per heavy atom. The number of hydrogen-bond acceptors (Lipinski definition) is 4. The van der Waals surface area contributed by atoms with Crippen molar-refractivity contribution in [3.8, 4) is 11.1 Å². The fourth-order valence-corrected chi connectivity index (χ4v) is 4.48. The SMILES string of the molecule is N=C(N)c1cccc([C@H]2C[C@H]2C(=O)Nc2ccc(-c3cc(F)ccc3S(N)(=O)=O)cc2)c1. The molecule has 32 heavy (non-hydrogen) atoms. The number of nitrogens with two attached hydrogens (primary N) is 2. The number of anilines is 1. The van der Waals surface area contributed by atoms with Gasteiger partial charge < -0.3 is 11.1 Å². The average molecular weight is 453 g/mol. The topological polar surface area (TPSA) is 139 Å². The van der Waals surface area contributed by atoms with Crippen LogP contribution in [0.3, 0.4) is 0 Å². The summed E-state index contributed by atoms with van der Waals surface area (Å²) in [5.74, 6) is -0.852. The van der Waals surface area contributed by atoms with Gasteiger partial charge in [-0.05, 0) is 59.9 Å². The van der Waals surface area contributed by atoms with Crippen LogP contribution < -0.4 is 16.2 Å². The number of benzene rings is 3. The first-order valence-corrected chi connectivity index (χ1v) is 11.4. The van der Waals surface area contributed by atoms with Crippen LogP contribution in [0.25, 0.3) is 11.1 Å². The number of nitrogens with one attached hydrogen (secondary N) is 2. The summed E-state index contributed by atoms with van der Waals surface area (Å²) < 4.78 is 37.3. The molecule has 3 aromatic rings. The van der Waals surface area contributed by atoms with Gasteiger partial charge in [-0.25, -0.2) is 17.9 Å². The van der Waals surface area contributed by atoms with E-state index in [9.17, 15) is 17.6 Å². The minimum Gasteiger partial charge on any atom is -0.384 e. The molecule has 0 bridgehead atoms. The first-order chi connectivity index (χ1) is 15.1. The number of hydrogen-bond donors (Lipinski definition) is 4. The Hall–Kier alpha value is -3.56. The maximum atomic E-state index is 13.7. The van der Waals surface area contributed by atoms with E-state index in [1.807, 2.05) is 18.2 Å². The Morgan fingerprint density at radius 1 is 1.06 bits per heavy atom. The molecule has 1 saturated carbocycles. The van der Waals surface area contributed by atoms with Gasteiger partial charge in [0.05, 0.1) is 4.90 Å². The van der Waals surface area contributed by atoms with Crippen molar-refractivity contribution in [2.45, 2.75) is 17.2 Å². The summed E-state index contributed by atoms with van der Waals surface area (Å²) in [6.45, 7) is 0. The van der Waals surface area contributed by atoms with E-state index in [0.717, 1.165) is 23.8 Å². The van der Waals surface area contributed by atoms with Crippen LogP contribution in [-0.2, 0) is 14.8 Å². The zero-order valence-electron chi connectivity index (χ0n) is 16.9. The van der Waals surface area contributed by atoms with E-state index in [-0.39, 0.29) is 34.0 Å². The van der Waals surface area contributed by atoms with Gasteiger partial charge in [0.1, 0.15) is 11.7 Å². The van der Waals surface area contributed by atoms with Crippen LogP contribution in [0.2, 0.25) is 0 Å². The van der Waals surface area contributed by atoms with Crippen molar-refractivity contribution >= 4 is 27.5 Å². The Balaban J connectivity index is 1.48. The van der Waals surface area contributed by atoms with Crippen molar-refractivity contribution in [1.29, 1.82) is 5.41 Å². The zero-order chi connectivity index (χ0) is 23.0. The maximum absolute atomic E-state index is 13.7. The predicted octanol–water partition coefficient (Wildman–Crippen LogP) is 3.17. The number of rotatable bonds is 6. The number of amidine groups is 1. The van der Waals surface area contributed by atoms with Gasteiger partial charge in [0.15, 0.2) is 0 Å². The molecule has 0 spiro atoms. The summed E-state index contributed by atoms with van der Waals surface area (Å²) in [5, 5.41) is 15.6. The minimum absolute atomic E-state index is 0.0162. The molecule has 0 radical (unpaired) electrons. The molecule has 0 saturated heterocycles. The van der Waals surface area contributed by atoms with Crippen LogP contribution in [0.4, 0.5) is 10.1 Å². The zero-order valence-corrected chi connectivity index (χ0v) is 17.7. The summed E-state index contributed by atoms with van der Waals surface area (Å²) in [6, 6.07) is 17.0. The van der Waals surface area contributed by atoms with Gasteiger partial charge in [-0.2, -0.15) is 0 Å². The van der Waals surface area contributed by atoms with Gasteiger partial charge >= 0.3 is 0 Å². The lowest BCUT2D eigenvalue weighted by molar-refractivity contribution is -0.117. The molecule has 4 rings (SSSR count). The lowest BCUT2D eigenvalue weighted by Gasteiger charge is -2.10. The van der Waals surface area contributed by atoms with E-state index < -0.39 is 15.8 Å². The molecule has 1 fully saturated rings. The number of amides is 1. The normalized spacial score (nSPS) is 17.6. The number of halogens is 1. The Morgan fingerprint density at radius 2 is 1.78 bits per heavy atom. The summed E-state index contributed by atoms with van der Waals surface area (Å²) in [5.41, 5.74) is 8.27. The first kappa shape index (κ1) is 21.7. The van der Waals surface area contributed by atoms with Crippen molar-refractivity contribution < 1.29 is 17.6 Å². The molecule has 2 atom stereocenters. The van der Waals surface area contributed by atoms with E-state index in [0.29, 0.717) is 23.2 Å². The number of primary sulfonamides is 1. The molecule has 1 aliphatic rings. The monoisotopic (exact) mass is 452 g/mol. The lowest BCUT2D eigenvalue weighted by atomic mass is 10.0. The highest BCUT2D eigenvalue weighted by atomic mass is 32.2. The minimum atomic E-state index is -4.03. The smallest absolute Gasteiger partial charge is 0.238 e. The molecule has 164 valence electrons. The highest BCUT2D eigenvalue weighted by molar-refractivity contribution is 7.89. The Bertz CT molecular complexity index is 1320. The van der Waals surface area contributed by atoms with Crippen LogP contribution >= 0.6 is 0 Å². The fraction of sp³-hybridized carbons (Fsp3) is 0.130. The van der Waals surface area contributed by atoms with Gasteiger partial charge in [0, 0.05) is 22.7 Å². The quantitative estimate of drug-likeness (QED) is 0.337. The molecule has 0 aliphatic heterocycles. The molecular formula is C23H21FN4O3S. The summed E-state index contributed by atoms with van der Waals surface area (Å²) in [6.07, 6.45) is 0.701. The van der Waals surface area contributed by atoms with Crippen molar-refractivity contribution in [1.82, 2.24) is 0 Å². The third-order valence-corrected chi connectivity index (χ3v) is 6.43. The summed E-state index contributed by atoms with van der Waals surface area (Å²) in [7, 11) is -4.03. The van der Waals surface area contributed by atoms with Crippen LogP contribution in [0, 0.1) is 17.1 Å². The molecule has 6 N–H and O–H groups in total. The second-order valence-corrected chi connectivity index (χ2v) is 9.27. The molecule has 1 aliphatic carbocycles. The highest BCUT2D eigenvalue weighted by Gasteiger charge is 2.44. The van der Waals surface area contributed by atoms with E-state index in [4.69, 9.17) is 16.3 Å². The highest BCUT2D eigenvalue weighted by Crippen LogP contribution is 2.48. The van der Waals surface area contributed by atoms with Crippen LogP contribution in [-0.4, -0.2) is 20.2 Å². The molecule has 1 amide bonds. The van der Waals surface area contributed by atoms with Crippen LogP contribution in [0.1, 0.15) is 23.5 Å². The molecule has 0 heterocycles. The maximum Gasteiger partial charge on any atom is 0.238 e. The Labute approximate surface area is 184 Å². The van der Waals surface area contributed by atoms with Crippen molar-refractivity contribution in [3.05, 3.63) is 83.7 Å². The van der Waals surface area contributed by atoms with Crippen molar-refractivity contribution in [3.63, 3.8) is 0 Å². The summed E-state index contributed by atoms with van der Waals surface area (Å²) in [4.78, 5) is 12.5. The van der Waals surface area contributed by atoms with Gasteiger partial charge in [-0.1, -0.05) is 30.3 Å². The van der Waals surface area contributed by atoms with Gasteiger partial charge in [-0.15, -0.1) is 0 Å². The van der Waals surface area contributed by atoms with Crippen molar-refractivity contribution in [2.24, 2.45) is 16.8 Å². The largest absolute Gasteiger partial charge is 0.384 e. The molecule has 7 nitrogen and oxygen atoms in total. The van der Waals surface area contributed by atoms with E-state index >= 15 is 0 Å². The third-order valence-electron chi connectivity index (χ3n) is 5.46. The number of carbonyl (C=O) groups is 1. The average Bonchev–Trinajstić information content (AvgIpc) is 3.54. The molecular weight excluding hydrogens is 431 g/mol. The Kier molecular flexibility index (Phi) is 5.53. The standard InChI is InChI=1S/C23H21FN4O3S/c24-16-6-9-21(32(27,30)31)19(11-16)13-4-7-17(8-5-13)28-23(29)20-12-18(20)14-2-1-3-15(10-14)22(25)26/h1-11,18,20H,12H2,(H3,25,26)(H,28,29)(H2,27,30,31)/t18-,20-/m1/s1. The van der Waals surface area contributed by atoms with E-state index in [1.54, 1.807) is 30.3 Å². The molecule has 3 aromatic carbocycles. The number of carbonyl (C=O) groups excluding carboxylic acids is 1. The molecule has 0 aromatic heterocycles. The van der Waals surface area contributed by atoms with E-state index in [2.05, 4.69) is 5.32 Å². The predicted molar refractivity (Wildman–Crippen MR) is 120 cm³/mol.